The summed E-state index contributed by atoms with van der Waals surface area (Å²) in [5.41, 5.74) is 3.66. The van der Waals surface area contributed by atoms with Crippen LogP contribution in [0.5, 0.6) is 0 Å². The lowest BCUT2D eigenvalue weighted by molar-refractivity contribution is 0.185. The highest BCUT2D eigenvalue weighted by Crippen LogP contribution is 2.26. The quantitative estimate of drug-likeness (QED) is 0.688. The monoisotopic (exact) mass is 178 g/mol. The molecule has 1 heterocycles. The summed E-state index contributed by atoms with van der Waals surface area (Å²) in [5, 5.41) is 1.80. The van der Waals surface area contributed by atoms with Crippen molar-refractivity contribution in [2.45, 2.75) is 13.0 Å². The molecule has 2 N–H and O–H groups in total. The summed E-state index contributed by atoms with van der Waals surface area (Å²) >= 11 is 0. The highest BCUT2D eigenvalue weighted by molar-refractivity contribution is 5.58. The van der Waals surface area contributed by atoms with Crippen molar-refractivity contribution in [2.24, 2.45) is 5.84 Å². The SMILES string of the molecule is COCc1ccc2c(c1)N(N)CC2. The molecule has 0 fully saturated rings. The van der Waals surface area contributed by atoms with Gasteiger partial charge in [-0.25, -0.2) is 5.84 Å². The number of ether oxygens (including phenoxy) is 1. The fourth-order valence-corrected chi connectivity index (χ4v) is 1.71. The lowest BCUT2D eigenvalue weighted by Gasteiger charge is -2.12. The van der Waals surface area contributed by atoms with Gasteiger partial charge in [0.2, 0.25) is 0 Å². The highest BCUT2D eigenvalue weighted by Gasteiger charge is 2.15. The number of rotatable bonds is 2. The third kappa shape index (κ3) is 1.53. The molecule has 2 rings (SSSR count). The first-order chi connectivity index (χ1) is 6.31. The molecule has 70 valence electrons. The Morgan fingerprint density at radius 3 is 3.15 bits per heavy atom. The van der Waals surface area contributed by atoms with Gasteiger partial charge >= 0.3 is 0 Å². The number of hydrogen-bond acceptors (Lipinski definition) is 3. The Kier molecular flexibility index (Phi) is 2.20. The van der Waals surface area contributed by atoms with E-state index in [0.717, 1.165) is 18.7 Å². The van der Waals surface area contributed by atoms with Crippen LogP contribution in [0, 0.1) is 0 Å². The summed E-state index contributed by atoms with van der Waals surface area (Å²) in [6.07, 6.45) is 1.05. The van der Waals surface area contributed by atoms with E-state index in [2.05, 4.69) is 18.2 Å². The van der Waals surface area contributed by atoms with Crippen molar-refractivity contribution in [3.05, 3.63) is 29.3 Å². The smallest absolute Gasteiger partial charge is 0.0713 e. The van der Waals surface area contributed by atoms with Gasteiger partial charge in [-0.15, -0.1) is 0 Å². The molecule has 3 nitrogen and oxygen atoms in total. The van der Waals surface area contributed by atoms with Crippen LogP contribution in [-0.2, 0) is 17.8 Å². The molecule has 1 aliphatic heterocycles. The molecule has 0 saturated carbocycles. The molecular weight excluding hydrogens is 164 g/mol. The zero-order valence-corrected chi connectivity index (χ0v) is 7.79. The number of fused-ring (bicyclic) bond motifs is 1. The minimum Gasteiger partial charge on any atom is -0.380 e. The first kappa shape index (κ1) is 8.53. The standard InChI is InChI=1S/C10H14N2O/c1-13-7-8-2-3-9-4-5-12(11)10(9)6-8/h2-3,6H,4-5,7,11H2,1H3. The molecule has 0 amide bonds. The maximum atomic E-state index is 5.80. The number of methoxy groups -OCH3 is 1. The summed E-state index contributed by atoms with van der Waals surface area (Å²) in [7, 11) is 1.70. The third-order valence-corrected chi connectivity index (χ3v) is 2.39. The zero-order chi connectivity index (χ0) is 9.26. The van der Waals surface area contributed by atoms with Gasteiger partial charge in [-0.05, 0) is 23.6 Å². The molecule has 0 spiro atoms. The van der Waals surface area contributed by atoms with E-state index in [9.17, 15) is 0 Å². The van der Waals surface area contributed by atoms with Gasteiger partial charge in [-0.1, -0.05) is 12.1 Å². The van der Waals surface area contributed by atoms with E-state index >= 15 is 0 Å². The van der Waals surface area contributed by atoms with Crippen LogP contribution in [0.1, 0.15) is 11.1 Å². The summed E-state index contributed by atoms with van der Waals surface area (Å²) in [4.78, 5) is 0. The van der Waals surface area contributed by atoms with E-state index in [1.807, 2.05) is 0 Å². The number of hydrogen-bond donors (Lipinski definition) is 1. The maximum Gasteiger partial charge on any atom is 0.0713 e. The Balaban J connectivity index is 2.31. The molecular formula is C10H14N2O. The summed E-state index contributed by atoms with van der Waals surface area (Å²) in [6, 6.07) is 6.34. The molecule has 13 heavy (non-hydrogen) atoms. The van der Waals surface area contributed by atoms with Gasteiger partial charge in [-0.3, -0.25) is 0 Å². The first-order valence-electron chi connectivity index (χ1n) is 4.44. The number of anilines is 1. The lowest BCUT2D eigenvalue weighted by atomic mass is 10.1. The number of nitrogens with two attached hydrogens (primary N) is 1. The molecule has 0 aliphatic carbocycles. The maximum absolute atomic E-state index is 5.80. The van der Waals surface area contributed by atoms with Crippen molar-refractivity contribution in [3.63, 3.8) is 0 Å². The number of benzene rings is 1. The second-order valence-electron chi connectivity index (χ2n) is 3.34. The lowest BCUT2D eigenvalue weighted by Crippen LogP contribution is -2.28. The van der Waals surface area contributed by atoms with Gasteiger partial charge in [-0.2, -0.15) is 0 Å². The van der Waals surface area contributed by atoms with Gasteiger partial charge in [0.15, 0.2) is 0 Å². The average molecular weight is 178 g/mol. The fourth-order valence-electron chi connectivity index (χ4n) is 1.71. The Morgan fingerprint density at radius 2 is 2.38 bits per heavy atom. The Bertz CT molecular complexity index is 312. The second-order valence-corrected chi connectivity index (χ2v) is 3.34. The van der Waals surface area contributed by atoms with Crippen LogP contribution in [0.3, 0.4) is 0 Å². The van der Waals surface area contributed by atoms with Crippen molar-refractivity contribution in [1.82, 2.24) is 0 Å². The van der Waals surface area contributed by atoms with Gasteiger partial charge in [0.05, 0.1) is 12.3 Å². The molecule has 1 aliphatic rings. The fraction of sp³-hybridized carbons (Fsp3) is 0.400. The van der Waals surface area contributed by atoms with Gasteiger partial charge in [0.1, 0.15) is 0 Å². The molecule has 1 aromatic rings. The van der Waals surface area contributed by atoms with Gasteiger partial charge in [0, 0.05) is 13.7 Å². The van der Waals surface area contributed by atoms with Crippen LogP contribution < -0.4 is 10.9 Å². The van der Waals surface area contributed by atoms with E-state index in [1.165, 1.54) is 11.1 Å². The van der Waals surface area contributed by atoms with Crippen LogP contribution in [0.4, 0.5) is 5.69 Å². The molecule has 1 aromatic carbocycles. The second kappa shape index (κ2) is 3.36. The van der Waals surface area contributed by atoms with Crippen LogP contribution in [0.25, 0.3) is 0 Å². The van der Waals surface area contributed by atoms with Crippen molar-refractivity contribution in [1.29, 1.82) is 0 Å². The van der Waals surface area contributed by atoms with E-state index in [-0.39, 0.29) is 0 Å². The van der Waals surface area contributed by atoms with Crippen molar-refractivity contribution in [3.8, 4) is 0 Å². The minimum absolute atomic E-state index is 0.654. The molecule has 3 heteroatoms. The largest absolute Gasteiger partial charge is 0.380 e. The molecule has 0 unspecified atom stereocenters. The number of hydrazine groups is 1. The minimum atomic E-state index is 0.654. The average Bonchev–Trinajstić information content (AvgIpc) is 2.49. The van der Waals surface area contributed by atoms with Crippen molar-refractivity contribution < 1.29 is 4.74 Å². The Morgan fingerprint density at radius 1 is 1.54 bits per heavy atom. The zero-order valence-electron chi connectivity index (χ0n) is 7.79. The predicted molar refractivity (Wildman–Crippen MR) is 52.4 cm³/mol. The first-order valence-corrected chi connectivity index (χ1v) is 4.44. The summed E-state index contributed by atoms with van der Waals surface area (Å²) in [5.74, 6) is 5.80. The van der Waals surface area contributed by atoms with Crippen LogP contribution in [-0.4, -0.2) is 13.7 Å². The van der Waals surface area contributed by atoms with Gasteiger partial charge < -0.3 is 9.75 Å². The van der Waals surface area contributed by atoms with E-state index in [1.54, 1.807) is 12.1 Å². The van der Waals surface area contributed by atoms with E-state index in [4.69, 9.17) is 10.6 Å². The Hall–Kier alpha value is -1.06. The third-order valence-electron chi connectivity index (χ3n) is 2.39. The summed E-state index contributed by atoms with van der Waals surface area (Å²) < 4.78 is 5.06. The molecule has 0 radical (unpaired) electrons. The molecule has 0 aromatic heterocycles. The van der Waals surface area contributed by atoms with Crippen molar-refractivity contribution in [2.75, 3.05) is 18.7 Å². The topological polar surface area (TPSA) is 38.5 Å². The molecule has 0 saturated heterocycles. The normalized spacial score (nSPS) is 14.8. The van der Waals surface area contributed by atoms with Crippen LogP contribution >= 0.6 is 0 Å². The van der Waals surface area contributed by atoms with Gasteiger partial charge in [0.25, 0.3) is 0 Å². The summed E-state index contributed by atoms with van der Waals surface area (Å²) in [6.45, 7) is 1.58. The van der Waals surface area contributed by atoms with Crippen molar-refractivity contribution >= 4 is 5.69 Å². The van der Waals surface area contributed by atoms with E-state index in [0.29, 0.717) is 6.61 Å². The van der Waals surface area contributed by atoms with E-state index < -0.39 is 0 Å². The molecule has 0 atom stereocenters. The predicted octanol–water partition coefficient (Wildman–Crippen LogP) is 1.07. The van der Waals surface area contributed by atoms with Crippen LogP contribution in [0.15, 0.2) is 18.2 Å². The van der Waals surface area contributed by atoms with Crippen LogP contribution in [0.2, 0.25) is 0 Å². The highest BCUT2D eigenvalue weighted by atomic mass is 16.5. The Labute approximate surface area is 78.1 Å². The number of nitrogens with zero attached hydrogens (tertiary/aromatic N) is 1. The molecule has 0 bridgehead atoms.